The van der Waals surface area contributed by atoms with E-state index < -0.39 is 0 Å². The smallest absolute Gasteiger partial charge is 0.260 e. The number of aromatic nitrogens is 2. The molecule has 0 atom stereocenters. The minimum atomic E-state index is -0.227. The van der Waals surface area contributed by atoms with Gasteiger partial charge in [-0.25, -0.2) is 9.97 Å². The maximum absolute atomic E-state index is 12.6. The van der Waals surface area contributed by atoms with Gasteiger partial charge in [0.2, 0.25) is 0 Å². The van der Waals surface area contributed by atoms with Gasteiger partial charge >= 0.3 is 0 Å². The lowest BCUT2D eigenvalue weighted by Gasteiger charge is -2.08. The summed E-state index contributed by atoms with van der Waals surface area (Å²) in [4.78, 5) is 21.4. The summed E-state index contributed by atoms with van der Waals surface area (Å²) in [7, 11) is 0. The van der Waals surface area contributed by atoms with Crippen molar-refractivity contribution >= 4 is 45.5 Å². The molecule has 0 aliphatic carbocycles. The lowest BCUT2D eigenvalue weighted by atomic mass is 10.1. The molecule has 0 saturated carbocycles. The second-order valence-electron chi connectivity index (χ2n) is 6.45. The number of thiazole rings is 1. The monoisotopic (exact) mass is 443 g/mol. The number of carbonyl (C=O) groups excluding carboxylic acids is 1. The quantitative estimate of drug-likeness (QED) is 0.366. The van der Waals surface area contributed by atoms with Crippen LogP contribution in [0.3, 0.4) is 0 Å². The fourth-order valence-corrected chi connectivity index (χ4v) is 4.17. The summed E-state index contributed by atoms with van der Waals surface area (Å²) in [5, 5.41) is 18.2. The lowest BCUT2D eigenvalue weighted by molar-refractivity contribution is 0.102. The van der Waals surface area contributed by atoms with Crippen molar-refractivity contribution in [3.63, 3.8) is 0 Å². The van der Waals surface area contributed by atoms with E-state index in [-0.39, 0.29) is 5.91 Å². The number of nitrogens with zero attached hydrogens (tertiary/aromatic N) is 3. The normalized spacial score (nSPS) is 10.3. The highest BCUT2D eigenvalue weighted by atomic mass is 32.2. The van der Waals surface area contributed by atoms with Gasteiger partial charge < -0.3 is 5.32 Å². The molecule has 8 heteroatoms. The van der Waals surface area contributed by atoms with Crippen molar-refractivity contribution in [3.8, 4) is 17.3 Å². The number of anilines is 3. The van der Waals surface area contributed by atoms with Crippen molar-refractivity contribution in [3.05, 3.63) is 83.4 Å². The molecule has 0 aliphatic rings. The Hall–Kier alpha value is -3.67. The highest BCUT2D eigenvalue weighted by Gasteiger charge is 2.14. The number of pyridine rings is 1. The molecule has 2 N–H and O–H groups in total. The number of carbonyl (C=O) groups is 1. The van der Waals surface area contributed by atoms with Gasteiger partial charge in [0.25, 0.3) is 5.91 Å². The summed E-state index contributed by atoms with van der Waals surface area (Å²) in [6.07, 6.45) is 3.56. The Morgan fingerprint density at radius 1 is 1.10 bits per heavy atom. The van der Waals surface area contributed by atoms with Crippen LogP contribution in [0.5, 0.6) is 0 Å². The van der Waals surface area contributed by atoms with Gasteiger partial charge in [0.1, 0.15) is 5.03 Å². The van der Waals surface area contributed by atoms with Crippen LogP contribution in [-0.2, 0) is 0 Å². The van der Waals surface area contributed by atoms with E-state index in [4.69, 9.17) is 5.26 Å². The van der Waals surface area contributed by atoms with Crippen LogP contribution < -0.4 is 10.6 Å². The van der Waals surface area contributed by atoms with Crippen LogP contribution >= 0.6 is 23.1 Å². The number of rotatable bonds is 6. The van der Waals surface area contributed by atoms with Crippen molar-refractivity contribution in [1.29, 1.82) is 5.26 Å². The topological polar surface area (TPSA) is 90.7 Å². The van der Waals surface area contributed by atoms with Gasteiger partial charge in [-0.1, -0.05) is 12.1 Å². The van der Waals surface area contributed by atoms with E-state index in [9.17, 15) is 4.79 Å². The van der Waals surface area contributed by atoms with Crippen molar-refractivity contribution in [2.45, 2.75) is 5.03 Å². The second kappa shape index (κ2) is 9.43. The summed E-state index contributed by atoms with van der Waals surface area (Å²) in [6.45, 7) is 0. The SMILES string of the molecule is CSc1ncccc1C(=O)Nc1nc(-c2cccc(Nc3ccc(C#N)cc3)c2)cs1. The van der Waals surface area contributed by atoms with E-state index in [1.54, 1.807) is 30.5 Å². The fraction of sp³-hybridized carbons (Fsp3) is 0.0435. The molecule has 0 fully saturated rings. The van der Waals surface area contributed by atoms with Gasteiger partial charge in [-0.05, 0) is 54.8 Å². The first-order valence-electron chi connectivity index (χ1n) is 9.30. The minimum Gasteiger partial charge on any atom is -0.356 e. The first-order chi connectivity index (χ1) is 15.2. The highest BCUT2D eigenvalue weighted by Crippen LogP contribution is 2.28. The standard InChI is InChI=1S/C23H17N5OS2/c1-30-22-19(6-3-11-25-22)21(29)28-23-27-20(14-31-23)16-4-2-5-18(12-16)26-17-9-7-15(13-24)8-10-17/h2-12,14,26H,1H3,(H,27,28,29). The molecule has 152 valence electrons. The van der Waals surface area contributed by atoms with E-state index in [1.807, 2.05) is 48.0 Å². The molecule has 0 saturated heterocycles. The maximum Gasteiger partial charge on any atom is 0.260 e. The number of nitrogens with one attached hydrogen (secondary N) is 2. The van der Waals surface area contributed by atoms with E-state index in [0.29, 0.717) is 21.3 Å². The minimum absolute atomic E-state index is 0.227. The van der Waals surface area contributed by atoms with Gasteiger partial charge in [0.05, 0.1) is 22.9 Å². The first kappa shape index (κ1) is 20.6. The van der Waals surface area contributed by atoms with Crippen molar-refractivity contribution in [2.75, 3.05) is 16.9 Å². The Kier molecular flexibility index (Phi) is 6.26. The van der Waals surface area contributed by atoms with Crippen molar-refractivity contribution < 1.29 is 4.79 Å². The highest BCUT2D eigenvalue weighted by molar-refractivity contribution is 7.98. The molecular weight excluding hydrogens is 426 g/mol. The van der Waals surface area contributed by atoms with Gasteiger partial charge in [0, 0.05) is 28.5 Å². The molecule has 0 unspecified atom stereocenters. The summed E-state index contributed by atoms with van der Waals surface area (Å²) < 4.78 is 0. The van der Waals surface area contributed by atoms with Gasteiger partial charge in [-0.2, -0.15) is 5.26 Å². The molecular formula is C23H17N5OS2. The van der Waals surface area contributed by atoms with E-state index in [1.165, 1.54) is 23.1 Å². The molecule has 2 aromatic heterocycles. The predicted molar refractivity (Wildman–Crippen MR) is 126 cm³/mol. The fourth-order valence-electron chi connectivity index (χ4n) is 2.91. The molecule has 2 heterocycles. The summed E-state index contributed by atoms with van der Waals surface area (Å²) in [5.74, 6) is -0.227. The van der Waals surface area contributed by atoms with Crippen LogP contribution in [0.2, 0.25) is 0 Å². The Balaban J connectivity index is 1.49. The van der Waals surface area contributed by atoms with Gasteiger partial charge in [-0.3, -0.25) is 10.1 Å². The van der Waals surface area contributed by atoms with E-state index in [0.717, 1.165) is 22.6 Å². The first-order valence-corrected chi connectivity index (χ1v) is 11.4. The van der Waals surface area contributed by atoms with Gasteiger partial charge in [0.15, 0.2) is 5.13 Å². The third-order valence-electron chi connectivity index (χ3n) is 4.39. The average Bonchev–Trinajstić information content (AvgIpc) is 3.28. The largest absolute Gasteiger partial charge is 0.356 e. The molecule has 4 aromatic rings. The molecule has 1 amide bonds. The molecule has 0 radical (unpaired) electrons. The van der Waals surface area contributed by atoms with Gasteiger partial charge in [-0.15, -0.1) is 23.1 Å². The van der Waals surface area contributed by atoms with Crippen LogP contribution in [0.4, 0.5) is 16.5 Å². The molecule has 4 rings (SSSR count). The second-order valence-corrected chi connectivity index (χ2v) is 8.10. The zero-order valence-electron chi connectivity index (χ0n) is 16.5. The molecule has 0 bridgehead atoms. The number of hydrogen-bond donors (Lipinski definition) is 2. The molecule has 2 aromatic carbocycles. The Morgan fingerprint density at radius 2 is 1.94 bits per heavy atom. The number of nitriles is 1. The third-order valence-corrected chi connectivity index (χ3v) is 5.86. The Bertz CT molecular complexity index is 1260. The summed E-state index contributed by atoms with van der Waals surface area (Å²) in [5.41, 5.74) is 4.65. The molecule has 0 aliphatic heterocycles. The number of hydrogen-bond acceptors (Lipinski definition) is 7. The number of amides is 1. The van der Waals surface area contributed by atoms with Crippen molar-refractivity contribution in [1.82, 2.24) is 9.97 Å². The summed E-state index contributed by atoms with van der Waals surface area (Å²) >= 11 is 2.80. The van der Waals surface area contributed by atoms with Crippen LogP contribution in [0.15, 0.2) is 77.3 Å². The van der Waals surface area contributed by atoms with Crippen LogP contribution in [0.25, 0.3) is 11.3 Å². The predicted octanol–water partition coefficient (Wildman–Crippen LogP) is 5.79. The summed E-state index contributed by atoms with van der Waals surface area (Å²) in [6, 6.07) is 20.7. The zero-order valence-corrected chi connectivity index (χ0v) is 18.1. The molecule has 0 spiro atoms. The zero-order chi connectivity index (χ0) is 21.6. The van der Waals surface area contributed by atoms with Crippen molar-refractivity contribution in [2.24, 2.45) is 0 Å². The number of thioether (sulfide) groups is 1. The van der Waals surface area contributed by atoms with Crippen LogP contribution in [-0.4, -0.2) is 22.1 Å². The van der Waals surface area contributed by atoms with Crippen LogP contribution in [0.1, 0.15) is 15.9 Å². The van der Waals surface area contributed by atoms with E-state index in [2.05, 4.69) is 26.7 Å². The lowest BCUT2D eigenvalue weighted by Crippen LogP contribution is -2.13. The average molecular weight is 444 g/mol. The molecule has 31 heavy (non-hydrogen) atoms. The Labute approximate surface area is 188 Å². The third kappa shape index (κ3) is 4.91. The maximum atomic E-state index is 12.6. The Morgan fingerprint density at radius 3 is 2.71 bits per heavy atom. The molecule has 6 nitrogen and oxygen atoms in total. The van der Waals surface area contributed by atoms with E-state index >= 15 is 0 Å². The van der Waals surface area contributed by atoms with Crippen LogP contribution in [0, 0.1) is 11.3 Å². The number of benzene rings is 2.